The maximum Gasteiger partial charge on any atom is 0.237 e. The third-order valence-corrected chi connectivity index (χ3v) is 6.37. The van der Waals surface area contributed by atoms with Gasteiger partial charge < -0.3 is 9.45 Å². The molecule has 4 nitrogen and oxygen atoms in total. The molecule has 1 unspecified atom stereocenters. The standard InChI is InChI=1S/C17H24N2O2S/c1-11(18-22(21)16(2,3)4)12-7-6-8-13-14(12)17(9-10-17)15(20)19(13)5/h6-8,11,18H,9-10H2,1-5H3/t11-,22?/m1/s1. The number of likely N-dealkylation sites (N-methyl/N-ethyl adjacent to an activating group) is 1. The predicted molar refractivity (Wildman–Crippen MR) is 90.2 cm³/mol. The van der Waals surface area contributed by atoms with E-state index in [1.807, 2.05) is 46.9 Å². The molecule has 0 aromatic heterocycles. The van der Waals surface area contributed by atoms with Crippen molar-refractivity contribution in [3.8, 4) is 0 Å². The van der Waals surface area contributed by atoms with Gasteiger partial charge in [0.05, 0.1) is 11.5 Å². The first-order valence-electron chi connectivity index (χ1n) is 7.78. The first-order chi connectivity index (χ1) is 10.2. The number of carbonyl (C=O) groups excluding carboxylic acids is 1. The molecule has 1 fully saturated rings. The third kappa shape index (κ3) is 2.27. The minimum Gasteiger partial charge on any atom is -0.598 e. The molecule has 3 rings (SSSR count). The summed E-state index contributed by atoms with van der Waals surface area (Å²) >= 11 is -1.13. The van der Waals surface area contributed by atoms with E-state index in [-0.39, 0.29) is 22.1 Å². The van der Waals surface area contributed by atoms with E-state index in [4.69, 9.17) is 0 Å². The Balaban J connectivity index is 1.96. The van der Waals surface area contributed by atoms with Crippen LogP contribution in [0, 0.1) is 0 Å². The summed E-state index contributed by atoms with van der Waals surface area (Å²) in [5.41, 5.74) is 2.95. The van der Waals surface area contributed by atoms with Crippen LogP contribution in [0.25, 0.3) is 0 Å². The quantitative estimate of drug-likeness (QED) is 0.871. The van der Waals surface area contributed by atoms with Crippen LogP contribution in [0.15, 0.2) is 18.2 Å². The average Bonchev–Trinajstić information content (AvgIpc) is 3.21. The van der Waals surface area contributed by atoms with Gasteiger partial charge in [0.15, 0.2) is 0 Å². The van der Waals surface area contributed by atoms with Crippen molar-refractivity contribution in [2.45, 2.75) is 56.7 Å². The molecule has 1 heterocycles. The molecule has 1 N–H and O–H groups in total. The van der Waals surface area contributed by atoms with Gasteiger partial charge >= 0.3 is 0 Å². The number of carbonyl (C=O) groups is 1. The molecule has 1 amide bonds. The van der Waals surface area contributed by atoms with Gasteiger partial charge in [0.25, 0.3) is 0 Å². The lowest BCUT2D eigenvalue weighted by Gasteiger charge is -2.27. The van der Waals surface area contributed by atoms with E-state index in [0.29, 0.717) is 0 Å². The fraction of sp³-hybridized carbons (Fsp3) is 0.588. The van der Waals surface area contributed by atoms with Gasteiger partial charge in [-0.25, -0.2) is 0 Å². The highest BCUT2D eigenvalue weighted by Gasteiger charge is 2.59. The Morgan fingerprint density at radius 1 is 1.36 bits per heavy atom. The van der Waals surface area contributed by atoms with E-state index in [1.165, 1.54) is 0 Å². The molecule has 2 atom stereocenters. The molecule has 120 valence electrons. The van der Waals surface area contributed by atoms with Crippen molar-refractivity contribution in [1.82, 2.24) is 4.72 Å². The first kappa shape index (κ1) is 15.8. The zero-order valence-electron chi connectivity index (χ0n) is 13.9. The Hall–Kier alpha value is -1.04. The van der Waals surface area contributed by atoms with Crippen molar-refractivity contribution in [2.75, 3.05) is 11.9 Å². The Labute approximate surface area is 135 Å². The van der Waals surface area contributed by atoms with Gasteiger partial charge in [-0.05, 0) is 57.7 Å². The molecule has 1 aliphatic heterocycles. The van der Waals surface area contributed by atoms with Gasteiger partial charge in [-0.2, -0.15) is 0 Å². The van der Waals surface area contributed by atoms with Crippen molar-refractivity contribution < 1.29 is 9.35 Å². The number of hydrogen-bond acceptors (Lipinski definition) is 3. The Morgan fingerprint density at radius 3 is 2.55 bits per heavy atom. The number of nitrogens with zero attached hydrogens (tertiary/aromatic N) is 1. The molecule has 1 saturated carbocycles. The van der Waals surface area contributed by atoms with Gasteiger partial charge in [-0.1, -0.05) is 12.1 Å². The fourth-order valence-electron chi connectivity index (χ4n) is 3.25. The van der Waals surface area contributed by atoms with Gasteiger partial charge in [-0.15, -0.1) is 4.72 Å². The molecular formula is C17H24N2O2S. The molecule has 0 bridgehead atoms. The summed E-state index contributed by atoms with van der Waals surface area (Å²) in [6.07, 6.45) is 1.85. The van der Waals surface area contributed by atoms with Crippen LogP contribution in [-0.4, -0.2) is 22.3 Å². The smallest absolute Gasteiger partial charge is 0.237 e. The summed E-state index contributed by atoms with van der Waals surface area (Å²) < 4.78 is 15.3. The van der Waals surface area contributed by atoms with Crippen molar-refractivity contribution >= 4 is 23.0 Å². The summed E-state index contributed by atoms with van der Waals surface area (Å²) in [5.74, 6) is 0.207. The van der Waals surface area contributed by atoms with E-state index in [9.17, 15) is 9.35 Å². The van der Waals surface area contributed by atoms with Crippen LogP contribution in [-0.2, 0) is 21.6 Å². The normalized spacial score (nSPS) is 21.9. The zero-order valence-corrected chi connectivity index (χ0v) is 14.7. The van der Waals surface area contributed by atoms with Crippen LogP contribution in [0.4, 0.5) is 5.69 Å². The highest BCUT2D eigenvalue weighted by molar-refractivity contribution is 7.90. The van der Waals surface area contributed by atoms with E-state index in [1.54, 1.807) is 4.90 Å². The van der Waals surface area contributed by atoms with E-state index in [2.05, 4.69) is 10.8 Å². The summed E-state index contributed by atoms with van der Waals surface area (Å²) in [6.45, 7) is 7.89. The van der Waals surface area contributed by atoms with E-state index < -0.39 is 11.4 Å². The number of hydrogen-bond donors (Lipinski definition) is 1. The molecule has 1 aliphatic carbocycles. The van der Waals surface area contributed by atoms with Crippen molar-refractivity contribution in [3.05, 3.63) is 29.3 Å². The SMILES string of the molecule is C[C@@H](N[S+]([O-])C(C)(C)C)c1cccc2c1C1(CC1)C(=O)N2C. The molecule has 0 radical (unpaired) electrons. The zero-order chi connectivity index (χ0) is 16.3. The van der Waals surface area contributed by atoms with Crippen LogP contribution in [0.2, 0.25) is 0 Å². The molecule has 1 aromatic rings. The highest BCUT2D eigenvalue weighted by Crippen LogP contribution is 2.58. The van der Waals surface area contributed by atoms with Crippen LogP contribution in [0.5, 0.6) is 0 Å². The fourth-order valence-corrected chi connectivity index (χ4v) is 4.05. The highest BCUT2D eigenvalue weighted by atomic mass is 32.2. The molecule has 5 heteroatoms. The molecule has 0 saturated heterocycles. The largest absolute Gasteiger partial charge is 0.598 e. The molecule has 1 aromatic carbocycles. The molecule has 2 aliphatic rings. The van der Waals surface area contributed by atoms with Crippen molar-refractivity contribution in [2.24, 2.45) is 0 Å². The second kappa shape index (κ2) is 4.98. The number of amides is 1. The molecule has 22 heavy (non-hydrogen) atoms. The summed E-state index contributed by atoms with van der Waals surface area (Å²) in [4.78, 5) is 14.3. The van der Waals surface area contributed by atoms with Gasteiger partial charge in [0.2, 0.25) is 5.91 Å². The third-order valence-electron chi connectivity index (χ3n) is 4.69. The second-order valence-corrected chi connectivity index (χ2v) is 9.41. The molecule has 1 spiro atoms. The topological polar surface area (TPSA) is 55.4 Å². The second-order valence-electron chi connectivity index (χ2n) is 7.41. The lowest BCUT2D eigenvalue weighted by atomic mass is 9.90. The number of rotatable bonds is 3. The van der Waals surface area contributed by atoms with Gasteiger partial charge in [0, 0.05) is 24.1 Å². The summed E-state index contributed by atoms with van der Waals surface area (Å²) in [7, 11) is 1.85. The Bertz CT molecular complexity index is 620. The van der Waals surface area contributed by atoms with Crippen LogP contribution < -0.4 is 9.62 Å². The van der Waals surface area contributed by atoms with Gasteiger partial charge in [-0.3, -0.25) is 4.79 Å². The van der Waals surface area contributed by atoms with Crippen LogP contribution >= 0.6 is 0 Å². The van der Waals surface area contributed by atoms with Gasteiger partial charge in [0.1, 0.15) is 4.75 Å². The monoisotopic (exact) mass is 320 g/mol. The minimum absolute atomic E-state index is 0.0493. The maximum atomic E-state index is 12.5. The lowest BCUT2D eigenvalue weighted by Crippen LogP contribution is -2.40. The van der Waals surface area contributed by atoms with Crippen molar-refractivity contribution in [1.29, 1.82) is 0 Å². The Morgan fingerprint density at radius 2 is 2.00 bits per heavy atom. The lowest BCUT2D eigenvalue weighted by molar-refractivity contribution is -0.119. The Kier molecular flexibility index (Phi) is 3.59. The maximum absolute atomic E-state index is 12.5. The molecular weight excluding hydrogens is 296 g/mol. The van der Waals surface area contributed by atoms with E-state index in [0.717, 1.165) is 29.7 Å². The van der Waals surface area contributed by atoms with Crippen LogP contribution in [0.1, 0.15) is 57.7 Å². The minimum atomic E-state index is -1.13. The first-order valence-corrected chi connectivity index (χ1v) is 8.93. The number of benzene rings is 1. The summed E-state index contributed by atoms with van der Waals surface area (Å²) in [6, 6.07) is 6.00. The number of nitrogens with one attached hydrogen (secondary N) is 1. The van der Waals surface area contributed by atoms with Crippen LogP contribution in [0.3, 0.4) is 0 Å². The predicted octanol–water partition coefficient (Wildman–Crippen LogP) is 2.81. The van der Waals surface area contributed by atoms with E-state index >= 15 is 0 Å². The number of fused-ring (bicyclic) bond motifs is 2. The number of anilines is 1. The van der Waals surface area contributed by atoms with Crippen molar-refractivity contribution in [3.63, 3.8) is 0 Å². The summed E-state index contributed by atoms with van der Waals surface area (Å²) in [5, 5.41) is 0. The average molecular weight is 320 g/mol.